The molecule has 1 amide bonds. The van der Waals surface area contributed by atoms with Gasteiger partial charge in [0.2, 0.25) is 11.7 Å². The number of piperidine rings is 1. The molecule has 0 radical (unpaired) electrons. The minimum Gasteiger partial charge on any atom is -0.370 e. The highest BCUT2D eigenvalue weighted by Gasteiger charge is 2.30. The number of anilines is 1. The number of nitrogens with two attached hydrogens (primary N) is 1. The molecule has 1 aliphatic rings. The number of hydrogen-bond acceptors (Lipinski definition) is 6. The van der Waals surface area contributed by atoms with Crippen LogP contribution in [0.25, 0.3) is 22.3 Å². The first-order valence-corrected chi connectivity index (χ1v) is 11.5. The summed E-state index contributed by atoms with van der Waals surface area (Å²) in [6, 6.07) is 15.4. The van der Waals surface area contributed by atoms with Crippen molar-refractivity contribution < 1.29 is 9.32 Å². The summed E-state index contributed by atoms with van der Waals surface area (Å²) in [6.07, 6.45) is 1.50. The fourth-order valence-electron chi connectivity index (χ4n) is 4.51. The summed E-state index contributed by atoms with van der Waals surface area (Å²) in [5, 5.41) is 4.95. The average molecular weight is 508 g/mol. The van der Waals surface area contributed by atoms with Gasteiger partial charge in [-0.15, -0.1) is 0 Å². The minimum atomic E-state index is -0.723. The van der Waals surface area contributed by atoms with Gasteiger partial charge < -0.3 is 19.7 Å². The van der Waals surface area contributed by atoms with E-state index in [1.807, 2.05) is 48.5 Å². The fourth-order valence-corrected chi connectivity index (χ4v) is 4.87. The fraction of sp³-hybridized carbons (Fsp3) is 0.250. The minimum absolute atomic E-state index is 0.0192. The number of aromatic nitrogens is 3. The molecule has 168 valence electrons. The maximum atomic E-state index is 13.0. The van der Waals surface area contributed by atoms with Gasteiger partial charge in [0.1, 0.15) is 5.56 Å². The molecule has 1 saturated heterocycles. The van der Waals surface area contributed by atoms with E-state index < -0.39 is 5.91 Å². The highest BCUT2D eigenvalue weighted by molar-refractivity contribution is 9.10. The highest BCUT2D eigenvalue weighted by Crippen LogP contribution is 2.36. The normalized spacial score (nSPS) is 14.7. The lowest BCUT2D eigenvalue weighted by molar-refractivity contribution is 0.0999. The Morgan fingerprint density at radius 3 is 2.58 bits per heavy atom. The molecular weight excluding hydrogens is 486 g/mol. The molecule has 1 fully saturated rings. The van der Waals surface area contributed by atoms with Gasteiger partial charge in [-0.1, -0.05) is 51.4 Å². The topological polar surface area (TPSA) is 107 Å². The summed E-state index contributed by atoms with van der Waals surface area (Å²) >= 11 is 3.51. The second-order valence-electron chi connectivity index (χ2n) is 8.20. The number of aryl methyl sites for hydroxylation is 1. The SMILES string of the molecule is Cn1c(=O)c(C(N)=O)c(N2CCC(c3nc(-c4ccccc4)no3)CC2)c2cc(Br)ccc21. The summed E-state index contributed by atoms with van der Waals surface area (Å²) < 4.78 is 7.90. The maximum Gasteiger partial charge on any atom is 0.265 e. The van der Waals surface area contributed by atoms with Crippen LogP contribution in [0.15, 0.2) is 62.3 Å². The van der Waals surface area contributed by atoms with Crippen molar-refractivity contribution in [3.8, 4) is 11.4 Å². The predicted octanol–water partition coefficient (Wildman–Crippen LogP) is 3.83. The van der Waals surface area contributed by atoms with Crippen molar-refractivity contribution >= 4 is 38.4 Å². The zero-order valence-electron chi connectivity index (χ0n) is 18.0. The molecule has 1 aliphatic heterocycles. The monoisotopic (exact) mass is 507 g/mol. The molecule has 0 aliphatic carbocycles. The van der Waals surface area contributed by atoms with E-state index in [0.717, 1.165) is 33.8 Å². The number of benzene rings is 2. The van der Waals surface area contributed by atoms with E-state index in [2.05, 4.69) is 31.0 Å². The van der Waals surface area contributed by atoms with E-state index in [9.17, 15) is 9.59 Å². The number of carbonyl (C=O) groups is 1. The van der Waals surface area contributed by atoms with Crippen molar-refractivity contribution in [3.63, 3.8) is 0 Å². The van der Waals surface area contributed by atoms with Crippen LogP contribution in [0.4, 0.5) is 5.69 Å². The molecule has 0 bridgehead atoms. The standard InChI is InChI=1S/C24H22BrN5O3/c1-29-18-8-7-16(25)13-17(18)20(19(21(26)31)24(29)32)30-11-9-15(10-12-30)23-27-22(28-33-23)14-5-3-2-4-6-14/h2-8,13,15H,9-12H2,1H3,(H2,26,31). The summed E-state index contributed by atoms with van der Waals surface area (Å²) in [4.78, 5) is 32.0. The number of primary amides is 1. The second kappa shape index (κ2) is 8.47. The van der Waals surface area contributed by atoms with E-state index in [1.54, 1.807) is 7.05 Å². The van der Waals surface area contributed by atoms with Gasteiger partial charge in [0.05, 0.1) is 11.2 Å². The second-order valence-corrected chi connectivity index (χ2v) is 9.11. The number of amides is 1. The van der Waals surface area contributed by atoms with Gasteiger partial charge in [0.15, 0.2) is 0 Å². The molecule has 9 heteroatoms. The van der Waals surface area contributed by atoms with Crippen molar-refractivity contribution in [2.45, 2.75) is 18.8 Å². The first-order valence-electron chi connectivity index (χ1n) is 10.7. The molecule has 33 heavy (non-hydrogen) atoms. The molecule has 5 rings (SSSR count). The number of halogens is 1. The van der Waals surface area contributed by atoms with Gasteiger partial charge in [-0.2, -0.15) is 4.98 Å². The Hall–Kier alpha value is -3.46. The number of fused-ring (bicyclic) bond motifs is 1. The Balaban J connectivity index is 1.47. The zero-order chi connectivity index (χ0) is 23.1. The third-order valence-corrected chi connectivity index (χ3v) is 6.70. The van der Waals surface area contributed by atoms with Gasteiger partial charge >= 0.3 is 0 Å². The number of carbonyl (C=O) groups excluding carboxylic acids is 1. The molecule has 0 unspecified atom stereocenters. The Morgan fingerprint density at radius 1 is 1.15 bits per heavy atom. The van der Waals surface area contributed by atoms with Crippen molar-refractivity contribution in [2.24, 2.45) is 12.8 Å². The lowest BCUT2D eigenvalue weighted by atomic mass is 9.95. The van der Waals surface area contributed by atoms with E-state index in [4.69, 9.17) is 10.3 Å². The maximum absolute atomic E-state index is 13.0. The molecule has 4 aromatic rings. The van der Waals surface area contributed by atoms with Crippen molar-refractivity contribution in [3.05, 3.63) is 74.8 Å². The molecule has 0 atom stereocenters. The summed E-state index contributed by atoms with van der Waals surface area (Å²) in [7, 11) is 1.65. The van der Waals surface area contributed by atoms with Gasteiger partial charge in [0.25, 0.3) is 11.5 Å². The molecule has 8 nitrogen and oxygen atoms in total. The van der Waals surface area contributed by atoms with Crippen LogP contribution in [-0.2, 0) is 7.05 Å². The van der Waals surface area contributed by atoms with Crippen molar-refractivity contribution in [2.75, 3.05) is 18.0 Å². The van der Waals surface area contributed by atoms with Crippen LogP contribution < -0.4 is 16.2 Å². The first kappa shape index (κ1) is 21.4. The van der Waals surface area contributed by atoms with Crippen LogP contribution >= 0.6 is 15.9 Å². The van der Waals surface area contributed by atoms with Crippen LogP contribution in [0.1, 0.15) is 35.0 Å². The van der Waals surface area contributed by atoms with E-state index in [-0.39, 0.29) is 17.0 Å². The number of pyridine rings is 1. The third kappa shape index (κ3) is 3.82. The quantitative estimate of drug-likeness (QED) is 0.449. The van der Waals surface area contributed by atoms with E-state index in [0.29, 0.717) is 30.5 Å². The molecule has 2 aromatic heterocycles. The highest BCUT2D eigenvalue weighted by atomic mass is 79.9. The van der Waals surface area contributed by atoms with Gasteiger partial charge in [-0.05, 0) is 31.0 Å². The molecular formula is C24H22BrN5O3. The number of rotatable bonds is 4. The number of hydrogen-bond donors (Lipinski definition) is 1. The molecule has 2 aromatic carbocycles. The van der Waals surface area contributed by atoms with Gasteiger partial charge in [0, 0.05) is 41.5 Å². The van der Waals surface area contributed by atoms with Gasteiger partial charge in [-0.3, -0.25) is 9.59 Å². The van der Waals surface area contributed by atoms with Crippen LogP contribution in [0.2, 0.25) is 0 Å². The predicted molar refractivity (Wildman–Crippen MR) is 129 cm³/mol. The number of nitrogens with zero attached hydrogens (tertiary/aromatic N) is 4. The molecule has 2 N–H and O–H groups in total. The Morgan fingerprint density at radius 2 is 1.88 bits per heavy atom. The molecule has 0 spiro atoms. The van der Waals surface area contributed by atoms with Gasteiger partial charge in [-0.25, -0.2) is 0 Å². The summed E-state index contributed by atoms with van der Waals surface area (Å²) in [6.45, 7) is 1.26. The third-order valence-electron chi connectivity index (χ3n) is 6.21. The summed E-state index contributed by atoms with van der Waals surface area (Å²) in [5.41, 5.74) is 7.55. The summed E-state index contributed by atoms with van der Waals surface area (Å²) in [5.74, 6) is 0.568. The lowest BCUT2D eigenvalue weighted by Crippen LogP contribution is -2.38. The van der Waals surface area contributed by atoms with Crippen LogP contribution in [0, 0.1) is 0 Å². The molecule has 3 heterocycles. The zero-order valence-corrected chi connectivity index (χ0v) is 19.6. The largest absolute Gasteiger partial charge is 0.370 e. The Bertz CT molecular complexity index is 1410. The molecule has 0 saturated carbocycles. The van der Waals surface area contributed by atoms with Crippen LogP contribution in [-0.4, -0.2) is 33.7 Å². The van der Waals surface area contributed by atoms with Crippen molar-refractivity contribution in [1.82, 2.24) is 14.7 Å². The van der Waals surface area contributed by atoms with Crippen LogP contribution in [0.5, 0.6) is 0 Å². The Labute approximate surface area is 198 Å². The van der Waals surface area contributed by atoms with E-state index in [1.165, 1.54) is 4.57 Å². The van der Waals surface area contributed by atoms with E-state index >= 15 is 0 Å². The Kier molecular flexibility index (Phi) is 5.49. The van der Waals surface area contributed by atoms with Crippen LogP contribution in [0.3, 0.4) is 0 Å². The first-order chi connectivity index (χ1) is 15.9. The lowest BCUT2D eigenvalue weighted by Gasteiger charge is -2.34. The van der Waals surface area contributed by atoms with Crippen molar-refractivity contribution in [1.29, 1.82) is 0 Å². The smallest absolute Gasteiger partial charge is 0.265 e. The average Bonchev–Trinajstić information content (AvgIpc) is 3.32.